The lowest BCUT2D eigenvalue weighted by Gasteiger charge is -2.40. The minimum Gasteiger partial charge on any atom is -0.388 e. The molecule has 4 N–H and O–H groups in total. The van der Waals surface area contributed by atoms with E-state index in [-0.39, 0.29) is 18.4 Å². The second kappa shape index (κ2) is 6.84. The van der Waals surface area contributed by atoms with Crippen LogP contribution in [0.15, 0.2) is 24.3 Å². The summed E-state index contributed by atoms with van der Waals surface area (Å²) >= 11 is 0. The molecule has 3 aliphatic heterocycles. The Labute approximate surface area is 155 Å². The topological polar surface area (TPSA) is 131 Å². The van der Waals surface area contributed by atoms with Crippen molar-refractivity contribution in [2.24, 2.45) is 0 Å². The molecule has 2 fully saturated rings. The zero-order valence-electron chi connectivity index (χ0n) is 14.5. The van der Waals surface area contributed by atoms with Crippen molar-refractivity contribution in [1.29, 1.82) is 0 Å². The molecule has 2 amide bonds. The van der Waals surface area contributed by atoms with Crippen molar-refractivity contribution in [3.8, 4) is 0 Å². The van der Waals surface area contributed by atoms with Gasteiger partial charge in [0, 0.05) is 6.54 Å². The highest BCUT2D eigenvalue weighted by Gasteiger charge is 2.47. The van der Waals surface area contributed by atoms with E-state index in [2.05, 4.69) is 0 Å². The molecule has 4 rings (SSSR count). The molecule has 146 valence electrons. The van der Waals surface area contributed by atoms with Crippen molar-refractivity contribution >= 4 is 17.5 Å². The molecule has 9 nitrogen and oxygen atoms in total. The molecule has 27 heavy (non-hydrogen) atoms. The van der Waals surface area contributed by atoms with Crippen molar-refractivity contribution < 1.29 is 34.8 Å². The Kier molecular flexibility index (Phi) is 4.65. The second-order valence-electron chi connectivity index (χ2n) is 7.16. The third kappa shape index (κ3) is 2.91. The van der Waals surface area contributed by atoms with Crippen LogP contribution >= 0.6 is 0 Å². The van der Waals surface area contributed by atoms with Gasteiger partial charge < -0.3 is 35.0 Å². The molecule has 0 aliphatic carbocycles. The van der Waals surface area contributed by atoms with E-state index < -0.39 is 36.7 Å². The molecule has 3 aliphatic rings. The molecule has 0 radical (unpaired) electrons. The predicted octanol–water partition coefficient (Wildman–Crippen LogP) is -1.56. The van der Waals surface area contributed by atoms with E-state index in [1.54, 1.807) is 29.2 Å². The van der Waals surface area contributed by atoms with Gasteiger partial charge in [-0.2, -0.15) is 0 Å². The first-order valence-corrected chi connectivity index (χ1v) is 8.99. The Bertz CT molecular complexity index is 757. The Morgan fingerprint density at radius 3 is 2.56 bits per heavy atom. The predicted molar refractivity (Wildman–Crippen MR) is 91.8 cm³/mol. The quantitative estimate of drug-likeness (QED) is 0.489. The normalized spacial score (nSPS) is 36.4. The van der Waals surface area contributed by atoms with Gasteiger partial charge in [-0.15, -0.1) is 0 Å². The molecular formula is C18H22N2O7. The third-order valence-corrected chi connectivity index (χ3v) is 5.54. The highest BCUT2D eigenvalue weighted by molar-refractivity contribution is 6.11. The summed E-state index contributed by atoms with van der Waals surface area (Å²) in [7, 11) is 0. The molecule has 1 aromatic rings. The summed E-state index contributed by atoms with van der Waals surface area (Å²) in [4.78, 5) is 29.0. The maximum Gasteiger partial charge on any atom is 0.256 e. The molecule has 1 unspecified atom stereocenters. The minimum absolute atomic E-state index is 0.171. The number of aliphatic hydroxyl groups is 4. The smallest absolute Gasteiger partial charge is 0.256 e. The van der Waals surface area contributed by atoms with Crippen molar-refractivity contribution in [2.75, 3.05) is 18.0 Å². The van der Waals surface area contributed by atoms with Crippen LogP contribution in [0.25, 0.3) is 0 Å². The van der Waals surface area contributed by atoms with Crippen LogP contribution in [0.3, 0.4) is 0 Å². The standard InChI is InChI=1S/C18H22N2O7/c21-13-12(27-18(26)15(23)14(13)22)8-20-10-5-2-1-4-9(10)16(24)19-7-3-6-11(19)17(20)25/h1-2,4-5,11-15,18,21-23,26H,3,6-8H2/t11-,12-,13+,14+,15-,18?/m1/s1. The number of anilines is 1. The zero-order chi connectivity index (χ0) is 19.3. The number of carbonyl (C=O) groups excluding carboxylic acids is 2. The maximum absolute atomic E-state index is 13.2. The van der Waals surface area contributed by atoms with Crippen LogP contribution in [0.1, 0.15) is 23.2 Å². The number of rotatable bonds is 2. The van der Waals surface area contributed by atoms with E-state index in [0.29, 0.717) is 24.2 Å². The monoisotopic (exact) mass is 378 g/mol. The molecule has 2 saturated heterocycles. The molecule has 0 spiro atoms. The summed E-state index contributed by atoms with van der Waals surface area (Å²) in [5.74, 6) is -0.513. The van der Waals surface area contributed by atoms with E-state index in [9.17, 15) is 30.0 Å². The van der Waals surface area contributed by atoms with Gasteiger partial charge in [-0.1, -0.05) is 12.1 Å². The average Bonchev–Trinajstić information content (AvgIpc) is 3.14. The van der Waals surface area contributed by atoms with Crippen molar-refractivity contribution in [1.82, 2.24) is 4.90 Å². The summed E-state index contributed by atoms with van der Waals surface area (Å²) in [5.41, 5.74) is 0.773. The number of fused-ring (bicyclic) bond motifs is 2. The number of para-hydroxylation sites is 1. The summed E-state index contributed by atoms with van der Waals surface area (Å²) in [6.07, 6.45) is -6.29. The summed E-state index contributed by atoms with van der Waals surface area (Å²) < 4.78 is 5.23. The number of benzene rings is 1. The number of ether oxygens (including phenoxy) is 1. The third-order valence-electron chi connectivity index (χ3n) is 5.54. The van der Waals surface area contributed by atoms with Gasteiger partial charge in [0.15, 0.2) is 6.29 Å². The Balaban J connectivity index is 1.69. The van der Waals surface area contributed by atoms with Gasteiger partial charge in [-0.3, -0.25) is 9.59 Å². The fourth-order valence-electron chi connectivity index (χ4n) is 4.06. The van der Waals surface area contributed by atoms with Gasteiger partial charge in [0.05, 0.1) is 17.8 Å². The average molecular weight is 378 g/mol. The van der Waals surface area contributed by atoms with Gasteiger partial charge in [-0.25, -0.2) is 0 Å². The highest BCUT2D eigenvalue weighted by Crippen LogP contribution is 2.33. The maximum atomic E-state index is 13.2. The number of aliphatic hydroxyl groups excluding tert-OH is 4. The molecule has 0 bridgehead atoms. The first-order chi connectivity index (χ1) is 12.9. The first kappa shape index (κ1) is 18.3. The second-order valence-corrected chi connectivity index (χ2v) is 7.16. The summed E-state index contributed by atoms with van der Waals surface area (Å²) in [6, 6.07) is 6.11. The van der Waals surface area contributed by atoms with Crippen LogP contribution in [0, 0.1) is 0 Å². The van der Waals surface area contributed by atoms with Crippen LogP contribution < -0.4 is 4.90 Å². The Morgan fingerprint density at radius 1 is 1.04 bits per heavy atom. The van der Waals surface area contributed by atoms with Crippen molar-refractivity contribution in [2.45, 2.75) is 49.6 Å². The molecule has 1 aromatic carbocycles. The number of carbonyl (C=O) groups is 2. The van der Waals surface area contributed by atoms with E-state index >= 15 is 0 Å². The fraction of sp³-hybridized carbons (Fsp3) is 0.556. The summed E-state index contributed by atoms with van der Waals surface area (Å²) in [6.45, 7) is 0.332. The molecule has 0 saturated carbocycles. The lowest BCUT2D eigenvalue weighted by molar-refractivity contribution is -0.279. The van der Waals surface area contributed by atoms with E-state index in [4.69, 9.17) is 4.74 Å². The lowest BCUT2D eigenvalue weighted by Crippen LogP contribution is -2.61. The SMILES string of the molecule is O=C1[C@H]2CCCN2C(=O)c2ccccc2N1C[C@H]1OC(O)[C@H](O)[C@@H](O)[C@H]1O. The zero-order valence-corrected chi connectivity index (χ0v) is 14.5. The van der Waals surface area contributed by atoms with Gasteiger partial charge in [0.2, 0.25) is 5.91 Å². The molecule has 0 aromatic heterocycles. The first-order valence-electron chi connectivity index (χ1n) is 8.99. The molecule has 3 heterocycles. The number of hydrogen-bond acceptors (Lipinski definition) is 7. The highest BCUT2D eigenvalue weighted by atomic mass is 16.6. The van der Waals surface area contributed by atoms with Crippen molar-refractivity contribution in [3.05, 3.63) is 29.8 Å². The van der Waals surface area contributed by atoms with Gasteiger partial charge in [-0.05, 0) is 25.0 Å². The van der Waals surface area contributed by atoms with Crippen molar-refractivity contribution in [3.63, 3.8) is 0 Å². The van der Waals surface area contributed by atoms with Crippen LogP contribution in [-0.2, 0) is 9.53 Å². The van der Waals surface area contributed by atoms with Crippen LogP contribution in [0.4, 0.5) is 5.69 Å². The number of amides is 2. The number of nitrogens with zero attached hydrogens (tertiary/aromatic N) is 2. The van der Waals surface area contributed by atoms with E-state index in [1.807, 2.05) is 0 Å². The molecule has 6 atom stereocenters. The van der Waals surface area contributed by atoms with Crippen LogP contribution in [0.2, 0.25) is 0 Å². The number of hydrogen-bond donors (Lipinski definition) is 4. The van der Waals surface area contributed by atoms with Crippen LogP contribution in [0.5, 0.6) is 0 Å². The van der Waals surface area contributed by atoms with Gasteiger partial charge >= 0.3 is 0 Å². The minimum atomic E-state index is -1.68. The van der Waals surface area contributed by atoms with Crippen LogP contribution in [-0.4, -0.2) is 87.0 Å². The molecular weight excluding hydrogens is 356 g/mol. The van der Waals surface area contributed by atoms with Gasteiger partial charge in [0.1, 0.15) is 30.5 Å². The largest absolute Gasteiger partial charge is 0.388 e. The lowest BCUT2D eigenvalue weighted by atomic mass is 9.98. The Morgan fingerprint density at radius 2 is 1.78 bits per heavy atom. The summed E-state index contributed by atoms with van der Waals surface area (Å²) in [5, 5.41) is 39.6. The van der Waals surface area contributed by atoms with E-state index in [0.717, 1.165) is 6.42 Å². The van der Waals surface area contributed by atoms with Gasteiger partial charge in [0.25, 0.3) is 5.91 Å². The van der Waals surface area contributed by atoms with E-state index in [1.165, 1.54) is 4.90 Å². The molecule has 9 heteroatoms. The Hall–Kier alpha value is -2.04. The fourth-order valence-corrected chi connectivity index (χ4v) is 4.06.